The van der Waals surface area contributed by atoms with Crippen LogP contribution in [0.1, 0.15) is 22.3 Å². The fourth-order valence-electron chi connectivity index (χ4n) is 9.74. The molecule has 1 spiro atoms. The normalized spacial score (nSPS) is 13.4. The average molecular weight is 775 g/mol. The maximum atomic E-state index is 6.59. The van der Waals surface area contributed by atoms with E-state index in [-0.39, 0.29) is 0 Å². The number of hydrogen-bond acceptors (Lipinski definition) is 5. The molecule has 5 heteroatoms. The van der Waals surface area contributed by atoms with Crippen LogP contribution in [0.2, 0.25) is 0 Å². The van der Waals surface area contributed by atoms with Gasteiger partial charge >= 0.3 is 0 Å². The number of benzene rings is 8. The maximum Gasteiger partial charge on any atom is 0.160 e. The number of fused-ring (bicyclic) bond motifs is 15. The van der Waals surface area contributed by atoms with E-state index in [0.717, 1.165) is 44.4 Å². The van der Waals surface area contributed by atoms with Crippen molar-refractivity contribution >= 4 is 63.1 Å². The van der Waals surface area contributed by atoms with Gasteiger partial charge in [0, 0.05) is 52.5 Å². The number of nitrogens with zero attached hydrogens (tertiary/aromatic N) is 2. The smallest absolute Gasteiger partial charge is 0.160 e. The number of hydrogen-bond donors (Lipinski definition) is 0. The molecule has 1 aliphatic heterocycles. The van der Waals surface area contributed by atoms with E-state index in [4.69, 9.17) is 14.7 Å². The van der Waals surface area contributed by atoms with Crippen molar-refractivity contribution in [1.82, 2.24) is 9.97 Å². The quantitative estimate of drug-likeness (QED) is 0.179. The first-order chi connectivity index (χ1) is 28.7. The fraction of sp³-hybridized carbons (Fsp3) is 0.0189. The summed E-state index contributed by atoms with van der Waals surface area (Å²) in [6.07, 6.45) is 0. The number of ether oxygens (including phenoxy) is 1. The minimum atomic E-state index is -0.504. The summed E-state index contributed by atoms with van der Waals surface area (Å²) in [6.45, 7) is 0. The van der Waals surface area contributed by atoms with Crippen LogP contribution in [0.5, 0.6) is 11.5 Å². The van der Waals surface area contributed by atoms with Crippen molar-refractivity contribution in [3.63, 3.8) is 0 Å². The molecule has 0 N–H and O–H groups in total. The van der Waals surface area contributed by atoms with Crippen molar-refractivity contribution in [2.24, 2.45) is 0 Å². The molecule has 0 radical (unpaired) electrons. The van der Waals surface area contributed by atoms with Crippen LogP contribution in [0.4, 0.5) is 0 Å². The van der Waals surface area contributed by atoms with Crippen molar-refractivity contribution in [1.29, 1.82) is 0 Å². The molecule has 3 nitrogen and oxygen atoms in total. The van der Waals surface area contributed by atoms with Crippen LogP contribution in [0.15, 0.2) is 182 Å². The molecule has 8 aromatic carbocycles. The predicted octanol–water partition coefficient (Wildman–Crippen LogP) is 14.7. The fourth-order valence-corrected chi connectivity index (χ4v) is 12.0. The van der Waals surface area contributed by atoms with Gasteiger partial charge in [0.05, 0.1) is 21.3 Å². The molecular formula is C53H30N2OS2. The van der Waals surface area contributed by atoms with Crippen LogP contribution in [0, 0.1) is 0 Å². The molecule has 3 aromatic heterocycles. The molecular weight excluding hydrogens is 745 g/mol. The lowest BCUT2D eigenvalue weighted by Crippen LogP contribution is -2.32. The Morgan fingerprint density at radius 2 is 1.02 bits per heavy atom. The molecule has 1 aliphatic carbocycles. The Bertz CT molecular complexity index is 3460. The van der Waals surface area contributed by atoms with E-state index in [1.54, 1.807) is 11.3 Å². The number of rotatable bonds is 3. The summed E-state index contributed by atoms with van der Waals surface area (Å²) < 4.78 is 11.5. The Balaban J connectivity index is 1.03. The third-order valence-corrected chi connectivity index (χ3v) is 14.5. The molecule has 0 saturated heterocycles. The highest BCUT2D eigenvalue weighted by Crippen LogP contribution is 2.63. The van der Waals surface area contributed by atoms with Gasteiger partial charge in [-0.25, -0.2) is 9.97 Å². The zero-order chi connectivity index (χ0) is 38.0. The molecule has 58 heavy (non-hydrogen) atoms. The Labute approximate surface area is 342 Å². The van der Waals surface area contributed by atoms with E-state index < -0.39 is 5.41 Å². The van der Waals surface area contributed by atoms with Crippen LogP contribution in [-0.2, 0) is 5.41 Å². The summed E-state index contributed by atoms with van der Waals surface area (Å²) in [6, 6.07) is 65.8. The van der Waals surface area contributed by atoms with Crippen LogP contribution >= 0.6 is 22.7 Å². The van der Waals surface area contributed by atoms with Crippen molar-refractivity contribution in [3.05, 3.63) is 204 Å². The van der Waals surface area contributed by atoms with Gasteiger partial charge in [0.2, 0.25) is 0 Å². The predicted molar refractivity (Wildman–Crippen MR) is 241 cm³/mol. The first-order valence-corrected chi connectivity index (χ1v) is 21.2. The average Bonchev–Trinajstić information content (AvgIpc) is 3.95. The van der Waals surface area contributed by atoms with Gasteiger partial charge in [-0.2, -0.15) is 0 Å². The summed E-state index contributed by atoms with van der Waals surface area (Å²) in [5, 5.41) is 3.66. The van der Waals surface area contributed by atoms with E-state index in [0.29, 0.717) is 0 Å². The summed E-state index contributed by atoms with van der Waals surface area (Å²) in [5.74, 6) is 2.56. The van der Waals surface area contributed by atoms with E-state index in [9.17, 15) is 0 Å². The van der Waals surface area contributed by atoms with Crippen molar-refractivity contribution in [2.45, 2.75) is 5.41 Å². The van der Waals surface area contributed by atoms with Crippen LogP contribution in [-0.4, -0.2) is 9.97 Å². The van der Waals surface area contributed by atoms with Gasteiger partial charge in [-0.15, -0.1) is 22.7 Å². The second-order valence-corrected chi connectivity index (χ2v) is 17.3. The van der Waals surface area contributed by atoms with E-state index in [1.165, 1.54) is 74.8 Å². The zero-order valence-electron chi connectivity index (χ0n) is 30.9. The van der Waals surface area contributed by atoms with Crippen molar-refractivity contribution in [2.75, 3.05) is 0 Å². The second kappa shape index (κ2) is 12.0. The Morgan fingerprint density at radius 1 is 0.414 bits per heavy atom. The van der Waals surface area contributed by atoms with Crippen LogP contribution in [0.25, 0.3) is 85.4 Å². The Kier molecular flexibility index (Phi) is 6.69. The molecule has 0 unspecified atom stereocenters. The van der Waals surface area contributed by atoms with Crippen LogP contribution < -0.4 is 4.74 Å². The molecule has 0 atom stereocenters. The second-order valence-electron chi connectivity index (χ2n) is 15.2. The lowest BCUT2D eigenvalue weighted by Gasteiger charge is -2.39. The Hall–Kier alpha value is -6.92. The van der Waals surface area contributed by atoms with E-state index >= 15 is 0 Å². The topological polar surface area (TPSA) is 35.0 Å². The first-order valence-electron chi connectivity index (χ1n) is 19.6. The van der Waals surface area contributed by atoms with Crippen LogP contribution in [0.3, 0.4) is 0 Å². The largest absolute Gasteiger partial charge is 0.457 e. The van der Waals surface area contributed by atoms with Gasteiger partial charge in [-0.1, -0.05) is 140 Å². The van der Waals surface area contributed by atoms with Crippen molar-refractivity contribution in [3.8, 4) is 56.4 Å². The molecule has 13 rings (SSSR count). The lowest BCUT2D eigenvalue weighted by molar-refractivity contribution is 0.436. The molecule has 0 fully saturated rings. The molecule has 0 bridgehead atoms. The molecule has 4 heterocycles. The summed E-state index contributed by atoms with van der Waals surface area (Å²) in [7, 11) is 0. The Morgan fingerprint density at radius 3 is 1.81 bits per heavy atom. The third-order valence-electron chi connectivity index (χ3n) is 12.2. The molecule has 11 aromatic rings. The molecule has 2 aliphatic rings. The number of thiophene rings is 2. The van der Waals surface area contributed by atoms with Gasteiger partial charge in [-0.3, -0.25) is 0 Å². The molecule has 270 valence electrons. The highest BCUT2D eigenvalue weighted by Gasteiger charge is 2.51. The van der Waals surface area contributed by atoms with Gasteiger partial charge in [-0.05, 0) is 75.8 Å². The van der Waals surface area contributed by atoms with E-state index in [2.05, 4.69) is 176 Å². The monoisotopic (exact) mass is 774 g/mol. The van der Waals surface area contributed by atoms with Crippen molar-refractivity contribution < 1.29 is 4.74 Å². The lowest BCUT2D eigenvalue weighted by atomic mass is 9.66. The standard InChI is InChI=1S/C53H30N2OS2/c1-2-13-31(14-3-1)52-54-49(51-50(55-52)36-16-5-11-24-45(36)58-51)33-26-28-47-38(30-33)37-29-32(25-27-46(37)57-47)34-17-12-21-42-48(34)35-15-4-6-18-39(35)53(42)40-19-7-9-22-43(40)56-44-23-10-8-20-41(44)53/h1-30H. The third kappa shape index (κ3) is 4.37. The minimum absolute atomic E-state index is 0.504. The number of aromatic nitrogens is 2. The maximum absolute atomic E-state index is 6.59. The minimum Gasteiger partial charge on any atom is -0.457 e. The zero-order valence-corrected chi connectivity index (χ0v) is 32.6. The molecule has 0 amide bonds. The van der Waals surface area contributed by atoms with Gasteiger partial charge in [0.1, 0.15) is 11.5 Å². The van der Waals surface area contributed by atoms with Gasteiger partial charge < -0.3 is 4.74 Å². The first kappa shape index (κ1) is 32.2. The van der Waals surface area contributed by atoms with E-state index in [1.807, 2.05) is 17.4 Å². The summed E-state index contributed by atoms with van der Waals surface area (Å²) >= 11 is 3.62. The highest BCUT2D eigenvalue weighted by atomic mass is 32.1. The van der Waals surface area contributed by atoms with Gasteiger partial charge in [0.25, 0.3) is 0 Å². The summed E-state index contributed by atoms with van der Waals surface area (Å²) in [5.41, 5.74) is 13.5. The highest BCUT2D eigenvalue weighted by molar-refractivity contribution is 7.26. The SMILES string of the molecule is c1ccc(-c2nc(-c3ccc4sc5ccc(-c6cccc7c6-c6ccccc6C76c7ccccc7Oc7ccccc76)cc5c4c3)c3sc4ccccc4c3n2)cc1. The number of para-hydroxylation sites is 2. The van der Waals surface area contributed by atoms with Gasteiger partial charge in [0.15, 0.2) is 5.82 Å². The summed E-state index contributed by atoms with van der Waals surface area (Å²) in [4.78, 5) is 10.5. The molecule has 0 saturated carbocycles.